The molecule has 0 radical (unpaired) electrons. The number of para-hydroxylation sites is 3. The summed E-state index contributed by atoms with van der Waals surface area (Å²) in [6.07, 6.45) is 0. The Kier molecular flexibility index (Phi) is 9.26. The van der Waals surface area contributed by atoms with Gasteiger partial charge in [-0.2, -0.15) is 0 Å². The average molecular weight is 916 g/mol. The summed E-state index contributed by atoms with van der Waals surface area (Å²) >= 11 is 3.76. The first kappa shape index (κ1) is 39.7. The van der Waals surface area contributed by atoms with Gasteiger partial charge in [-0.3, -0.25) is 0 Å². The van der Waals surface area contributed by atoms with Crippen LogP contribution in [-0.4, -0.2) is 4.57 Å². The highest BCUT2D eigenvalue weighted by molar-refractivity contribution is 7.27. The summed E-state index contributed by atoms with van der Waals surface area (Å²) < 4.78 is 7.70. The van der Waals surface area contributed by atoms with E-state index in [1.807, 2.05) is 22.7 Å². The first-order chi connectivity index (χ1) is 34.2. The van der Waals surface area contributed by atoms with Crippen LogP contribution in [0.15, 0.2) is 249 Å². The molecule has 0 unspecified atom stereocenters. The molecule has 0 spiro atoms. The highest BCUT2D eigenvalue weighted by atomic mass is 32.1. The Bertz CT molecular complexity index is 4190. The van der Waals surface area contributed by atoms with Gasteiger partial charge < -0.3 is 14.4 Å². The van der Waals surface area contributed by atoms with Crippen molar-refractivity contribution >= 4 is 130 Å². The molecule has 0 N–H and O–H groups in total. The zero-order valence-corrected chi connectivity index (χ0v) is 39.0. The van der Waals surface area contributed by atoms with E-state index in [9.17, 15) is 0 Å². The first-order valence-corrected chi connectivity index (χ1v) is 25.0. The molecule has 3 heterocycles. The number of nitrogens with zero attached hydrogens (tertiary/aromatic N) is 3. The smallest absolute Gasteiger partial charge is 0.0726 e. The summed E-state index contributed by atoms with van der Waals surface area (Å²) in [7, 11) is 0. The van der Waals surface area contributed by atoms with Crippen molar-refractivity contribution in [2.75, 3.05) is 9.80 Å². The van der Waals surface area contributed by atoms with Crippen LogP contribution in [0.1, 0.15) is 0 Å². The summed E-state index contributed by atoms with van der Waals surface area (Å²) in [5.41, 5.74) is 12.6. The molecule has 0 saturated heterocycles. The highest BCUT2D eigenvalue weighted by Gasteiger charge is 2.24. The fourth-order valence-electron chi connectivity index (χ4n) is 10.7. The molecule has 14 rings (SSSR count). The van der Waals surface area contributed by atoms with E-state index in [2.05, 4.69) is 263 Å². The zero-order chi connectivity index (χ0) is 45.4. The molecule has 14 aromatic rings. The van der Waals surface area contributed by atoms with Gasteiger partial charge in [0.25, 0.3) is 0 Å². The molecule has 0 aliphatic carbocycles. The van der Waals surface area contributed by atoms with Crippen molar-refractivity contribution in [2.45, 2.75) is 0 Å². The molecular weight excluding hydrogens is 875 g/mol. The van der Waals surface area contributed by atoms with Crippen LogP contribution < -0.4 is 9.80 Å². The molecule has 0 fully saturated rings. The van der Waals surface area contributed by atoms with Crippen molar-refractivity contribution in [3.05, 3.63) is 249 Å². The Morgan fingerprint density at radius 1 is 0.290 bits per heavy atom. The molecule has 324 valence electrons. The lowest BCUT2D eigenvalue weighted by Gasteiger charge is -2.26. The number of anilines is 6. The van der Waals surface area contributed by atoms with E-state index in [1.54, 1.807) is 0 Å². The standard InChI is InChI=1S/C64H41N3S2/c1-4-16-44(17-5-1)65(45-18-6-2-7-19-45)47-32-28-42(29-33-47)43-30-34-48(35-31-43)66(50-36-38-52-51-22-12-14-26-58(51)68-60(52)41-50)49-37-39-57-56(40-49)61-53-23-10-11-24-54(53)62-55-25-13-15-27-59(55)69-64(62)63(61)67(57)46-20-8-3-9-21-46/h1-41H. The van der Waals surface area contributed by atoms with Crippen LogP contribution in [0.3, 0.4) is 0 Å². The van der Waals surface area contributed by atoms with E-state index in [4.69, 9.17) is 0 Å². The quantitative estimate of drug-likeness (QED) is 0.150. The number of hydrogen-bond donors (Lipinski definition) is 0. The van der Waals surface area contributed by atoms with E-state index in [0.717, 1.165) is 45.4 Å². The van der Waals surface area contributed by atoms with E-state index < -0.39 is 0 Å². The van der Waals surface area contributed by atoms with Gasteiger partial charge in [-0.1, -0.05) is 146 Å². The summed E-state index contributed by atoms with van der Waals surface area (Å²) in [4.78, 5) is 4.75. The second-order valence-corrected chi connectivity index (χ2v) is 19.8. The minimum absolute atomic E-state index is 1.10. The van der Waals surface area contributed by atoms with Crippen molar-refractivity contribution in [1.82, 2.24) is 4.57 Å². The van der Waals surface area contributed by atoms with Gasteiger partial charge in [0, 0.05) is 86.2 Å². The Hall–Kier alpha value is -8.48. The molecular formula is C64H41N3S2. The van der Waals surface area contributed by atoms with Crippen LogP contribution in [-0.2, 0) is 0 Å². The second kappa shape index (κ2) is 16.1. The topological polar surface area (TPSA) is 11.4 Å². The molecule has 5 heteroatoms. The Morgan fingerprint density at radius 2 is 0.739 bits per heavy atom. The van der Waals surface area contributed by atoms with Gasteiger partial charge in [-0.05, 0) is 125 Å². The molecule has 69 heavy (non-hydrogen) atoms. The molecule has 11 aromatic carbocycles. The van der Waals surface area contributed by atoms with Gasteiger partial charge in [-0.25, -0.2) is 0 Å². The van der Waals surface area contributed by atoms with E-state index in [1.165, 1.54) is 78.5 Å². The number of hydrogen-bond acceptors (Lipinski definition) is 4. The zero-order valence-electron chi connectivity index (χ0n) is 37.3. The Labute approximate surface area is 407 Å². The number of benzene rings is 11. The maximum atomic E-state index is 2.51. The maximum absolute atomic E-state index is 2.51. The maximum Gasteiger partial charge on any atom is 0.0726 e. The molecule has 3 nitrogen and oxygen atoms in total. The van der Waals surface area contributed by atoms with Gasteiger partial charge in [-0.15, -0.1) is 22.7 Å². The van der Waals surface area contributed by atoms with Gasteiger partial charge in [0.1, 0.15) is 0 Å². The van der Waals surface area contributed by atoms with Crippen LogP contribution in [0.25, 0.3) is 89.7 Å². The van der Waals surface area contributed by atoms with E-state index in [-0.39, 0.29) is 0 Å². The monoisotopic (exact) mass is 915 g/mol. The normalized spacial score (nSPS) is 11.8. The summed E-state index contributed by atoms with van der Waals surface area (Å²) in [6, 6.07) is 90.9. The lowest BCUT2D eigenvalue weighted by molar-refractivity contribution is 1.19. The van der Waals surface area contributed by atoms with Gasteiger partial charge in [0.2, 0.25) is 0 Å². The molecule has 0 aliphatic rings. The van der Waals surface area contributed by atoms with Crippen molar-refractivity contribution in [3.8, 4) is 16.8 Å². The minimum atomic E-state index is 1.10. The number of aromatic nitrogens is 1. The Balaban J connectivity index is 0.950. The predicted octanol–water partition coefficient (Wildman–Crippen LogP) is 19.3. The SMILES string of the molecule is c1ccc(N(c2ccccc2)c2ccc(-c3ccc(N(c4ccc5c(c4)sc4ccccc45)c4ccc5c(c4)c4c6ccccc6c6c7ccccc7sc6c4n5-c4ccccc4)cc3)cc2)cc1. The largest absolute Gasteiger partial charge is 0.311 e. The molecule has 0 aliphatic heterocycles. The van der Waals surface area contributed by atoms with Crippen molar-refractivity contribution in [3.63, 3.8) is 0 Å². The van der Waals surface area contributed by atoms with Crippen molar-refractivity contribution in [2.24, 2.45) is 0 Å². The van der Waals surface area contributed by atoms with Gasteiger partial charge in [0.15, 0.2) is 0 Å². The third-order valence-corrected chi connectivity index (χ3v) is 16.0. The van der Waals surface area contributed by atoms with Gasteiger partial charge >= 0.3 is 0 Å². The third kappa shape index (κ3) is 6.47. The highest BCUT2D eigenvalue weighted by Crippen LogP contribution is 2.50. The van der Waals surface area contributed by atoms with Crippen LogP contribution >= 0.6 is 22.7 Å². The molecule has 0 amide bonds. The third-order valence-electron chi connectivity index (χ3n) is 13.7. The summed E-state index contributed by atoms with van der Waals surface area (Å²) in [6.45, 7) is 0. The fraction of sp³-hybridized carbons (Fsp3) is 0. The summed E-state index contributed by atoms with van der Waals surface area (Å²) in [5.74, 6) is 0. The van der Waals surface area contributed by atoms with E-state index in [0.29, 0.717) is 0 Å². The Morgan fingerprint density at radius 3 is 1.38 bits per heavy atom. The van der Waals surface area contributed by atoms with Crippen molar-refractivity contribution in [1.29, 1.82) is 0 Å². The van der Waals surface area contributed by atoms with Crippen LogP contribution in [0, 0.1) is 0 Å². The summed E-state index contributed by atoms with van der Waals surface area (Å²) in [5, 5.41) is 10.3. The minimum Gasteiger partial charge on any atom is -0.311 e. The molecule has 3 aromatic heterocycles. The average Bonchev–Trinajstić information content (AvgIpc) is 4.10. The number of fused-ring (bicyclic) bond motifs is 13. The predicted molar refractivity (Wildman–Crippen MR) is 299 cm³/mol. The first-order valence-electron chi connectivity index (χ1n) is 23.4. The molecule has 0 saturated carbocycles. The number of thiophene rings is 2. The fourth-order valence-corrected chi connectivity index (χ4v) is 13.1. The lowest BCUT2D eigenvalue weighted by atomic mass is 9.98. The second-order valence-electron chi connectivity index (χ2n) is 17.7. The van der Waals surface area contributed by atoms with Crippen LogP contribution in [0.5, 0.6) is 0 Å². The van der Waals surface area contributed by atoms with E-state index >= 15 is 0 Å². The molecule has 0 atom stereocenters. The van der Waals surface area contributed by atoms with Crippen molar-refractivity contribution < 1.29 is 0 Å². The van der Waals surface area contributed by atoms with Crippen LogP contribution in [0.4, 0.5) is 34.1 Å². The molecule has 0 bridgehead atoms. The van der Waals surface area contributed by atoms with Gasteiger partial charge in [0.05, 0.1) is 15.7 Å². The number of rotatable bonds is 8. The van der Waals surface area contributed by atoms with Crippen LogP contribution in [0.2, 0.25) is 0 Å². The lowest BCUT2D eigenvalue weighted by Crippen LogP contribution is -2.10.